The lowest BCUT2D eigenvalue weighted by Crippen LogP contribution is -2.27. The molecule has 1 aromatic carbocycles. The van der Waals surface area contributed by atoms with Crippen molar-refractivity contribution in [1.29, 1.82) is 0 Å². The third kappa shape index (κ3) is 5.63. The number of rotatable bonds is 5. The van der Waals surface area contributed by atoms with Crippen LogP contribution in [0.15, 0.2) is 18.2 Å². The number of hydrogen-bond acceptors (Lipinski definition) is 5. The Morgan fingerprint density at radius 2 is 2.13 bits per heavy atom. The van der Waals surface area contributed by atoms with Crippen LogP contribution in [0.5, 0.6) is 5.75 Å². The van der Waals surface area contributed by atoms with E-state index in [1.807, 2.05) is 26.8 Å². The van der Waals surface area contributed by atoms with Crippen molar-refractivity contribution >= 4 is 17.5 Å². The molecule has 23 heavy (non-hydrogen) atoms. The van der Waals surface area contributed by atoms with Crippen LogP contribution in [-0.4, -0.2) is 38.1 Å². The molecule has 1 atom stereocenters. The summed E-state index contributed by atoms with van der Waals surface area (Å²) in [5.41, 5.74) is 0.894. The summed E-state index contributed by atoms with van der Waals surface area (Å²) in [7, 11) is 1.61. The number of nitrogens with one attached hydrogen (secondary N) is 2. The smallest absolute Gasteiger partial charge is 0.412 e. The second-order valence-electron chi connectivity index (χ2n) is 6.55. The topological polar surface area (TPSA) is 68.8 Å². The van der Waals surface area contributed by atoms with Crippen molar-refractivity contribution in [2.75, 3.05) is 30.9 Å². The van der Waals surface area contributed by atoms with Crippen molar-refractivity contribution in [1.82, 2.24) is 0 Å². The molecule has 1 aromatic rings. The van der Waals surface area contributed by atoms with Gasteiger partial charge >= 0.3 is 6.09 Å². The molecule has 1 fully saturated rings. The van der Waals surface area contributed by atoms with E-state index in [-0.39, 0.29) is 6.10 Å². The fourth-order valence-electron chi connectivity index (χ4n) is 2.35. The highest BCUT2D eigenvalue weighted by atomic mass is 16.6. The van der Waals surface area contributed by atoms with E-state index in [4.69, 9.17) is 14.2 Å². The molecule has 0 radical (unpaired) electrons. The molecular formula is C17H26N2O4. The summed E-state index contributed by atoms with van der Waals surface area (Å²) in [6, 6.07) is 5.44. The van der Waals surface area contributed by atoms with Crippen LogP contribution in [-0.2, 0) is 9.47 Å². The highest BCUT2D eigenvalue weighted by Crippen LogP contribution is 2.28. The molecule has 2 rings (SSSR count). The lowest BCUT2D eigenvalue weighted by atomic mass is 10.2. The van der Waals surface area contributed by atoms with Gasteiger partial charge < -0.3 is 19.5 Å². The molecule has 2 N–H and O–H groups in total. The van der Waals surface area contributed by atoms with E-state index < -0.39 is 11.7 Å². The quantitative estimate of drug-likeness (QED) is 0.866. The van der Waals surface area contributed by atoms with Gasteiger partial charge in [0.2, 0.25) is 0 Å². The number of carbonyl (C=O) groups is 1. The molecule has 0 saturated carbocycles. The van der Waals surface area contributed by atoms with Crippen LogP contribution in [0.4, 0.5) is 16.2 Å². The Morgan fingerprint density at radius 1 is 1.35 bits per heavy atom. The molecule has 1 heterocycles. The molecule has 1 unspecified atom stereocenters. The molecule has 0 bridgehead atoms. The third-order valence-electron chi connectivity index (χ3n) is 3.41. The molecule has 0 spiro atoms. The fourth-order valence-corrected chi connectivity index (χ4v) is 2.35. The van der Waals surface area contributed by atoms with Crippen LogP contribution >= 0.6 is 0 Å². The summed E-state index contributed by atoms with van der Waals surface area (Å²) >= 11 is 0. The zero-order valence-corrected chi connectivity index (χ0v) is 14.3. The van der Waals surface area contributed by atoms with Gasteiger partial charge in [-0.15, -0.1) is 0 Å². The number of amides is 1. The van der Waals surface area contributed by atoms with Crippen molar-refractivity contribution in [2.24, 2.45) is 0 Å². The molecule has 0 aromatic heterocycles. The second-order valence-corrected chi connectivity index (χ2v) is 6.55. The second kappa shape index (κ2) is 7.55. The van der Waals surface area contributed by atoms with Gasteiger partial charge in [0.05, 0.1) is 24.6 Å². The fraction of sp³-hybridized carbons (Fsp3) is 0.588. The van der Waals surface area contributed by atoms with E-state index in [1.54, 1.807) is 19.2 Å². The summed E-state index contributed by atoms with van der Waals surface area (Å²) in [6.45, 7) is 7.00. The van der Waals surface area contributed by atoms with E-state index >= 15 is 0 Å². The molecule has 1 aliphatic rings. The van der Waals surface area contributed by atoms with E-state index in [2.05, 4.69) is 10.6 Å². The molecule has 1 amide bonds. The standard InChI is InChI=1S/C17H26N2O4/c1-17(2,3)23-16(20)19-14-8-7-12(21-4)10-15(14)18-11-13-6-5-9-22-13/h7-8,10,13,18H,5-6,9,11H2,1-4H3,(H,19,20). The maximum atomic E-state index is 12.0. The Balaban J connectivity index is 2.05. The largest absolute Gasteiger partial charge is 0.497 e. The first-order valence-corrected chi connectivity index (χ1v) is 7.91. The third-order valence-corrected chi connectivity index (χ3v) is 3.41. The van der Waals surface area contributed by atoms with Gasteiger partial charge in [-0.05, 0) is 45.7 Å². The van der Waals surface area contributed by atoms with Gasteiger partial charge in [0.25, 0.3) is 0 Å². The van der Waals surface area contributed by atoms with Crippen LogP contribution < -0.4 is 15.4 Å². The first kappa shape index (κ1) is 17.4. The number of benzene rings is 1. The summed E-state index contributed by atoms with van der Waals surface area (Å²) in [5.74, 6) is 0.717. The van der Waals surface area contributed by atoms with Gasteiger partial charge in [0, 0.05) is 19.2 Å². The number of methoxy groups -OCH3 is 1. The molecule has 1 aliphatic heterocycles. The average molecular weight is 322 g/mol. The first-order valence-electron chi connectivity index (χ1n) is 7.91. The summed E-state index contributed by atoms with van der Waals surface area (Å²) in [6.07, 6.45) is 1.86. The van der Waals surface area contributed by atoms with Crippen molar-refractivity contribution in [3.63, 3.8) is 0 Å². The van der Waals surface area contributed by atoms with E-state index in [9.17, 15) is 4.79 Å². The predicted octanol–water partition coefficient (Wildman–Crippen LogP) is 3.63. The highest BCUT2D eigenvalue weighted by Gasteiger charge is 2.19. The average Bonchev–Trinajstić information content (AvgIpc) is 2.97. The monoisotopic (exact) mass is 322 g/mol. The van der Waals surface area contributed by atoms with E-state index in [0.29, 0.717) is 12.2 Å². The maximum absolute atomic E-state index is 12.0. The van der Waals surface area contributed by atoms with Crippen molar-refractivity contribution in [3.8, 4) is 5.75 Å². The van der Waals surface area contributed by atoms with Crippen molar-refractivity contribution < 1.29 is 19.0 Å². The SMILES string of the molecule is COc1ccc(NC(=O)OC(C)(C)C)c(NCC2CCCO2)c1. The van der Waals surface area contributed by atoms with Crippen molar-refractivity contribution in [2.45, 2.75) is 45.3 Å². The Hall–Kier alpha value is -1.95. The lowest BCUT2D eigenvalue weighted by Gasteiger charge is -2.21. The summed E-state index contributed by atoms with van der Waals surface area (Å²) < 4.78 is 16.2. The minimum Gasteiger partial charge on any atom is -0.497 e. The Bertz CT molecular complexity index is 534. The molecule has 1 saturated heterocycles. The molecule has 6 nitrogen and oxygen atoms in total. The Kier molecular flexibility index (Phi) is 5.71. The van der Waals surface area contributed by atoms with Gasteiger partial charge in [-0.3, -0.25) is 5.32 Å². The van der Waals surface area contributed by atoms with Gasteiger partial charge in [0.15, 0.2) is 0 Å². The van der Waals surface area contributed by atoms with E-state index in [1.165, 1.54) is 0 Å². The minimum absolute atomic E-state index is 0.204. The number of anilines is 2. The number of carbonyl (C=O) groups excluding carboxylic acids is 1. The molecular weight excluding hydrogens is 296 g/mol. The maximum Gasteiger partial charge on any atom is 0.412 e. The molecule has 6 heteroatoms. The van der Waals surface area contributed by atoms with Crippen LogP contribution in [0.25, 0.3) is 0 Å². The van der Waals surface area contributed by atoms with Gasteiger partial charge in [0.1, 0.15) is 11.4 Å². The van der Waals surface area contributed by atoms with Crippen LogP contribution in [0.2, 0.25) is 0 Å². The number of hydrogen-bond donors (Lipinski definition) is 2. The van der Waals surface area contributed by atoms with Gasteiger partial charge in [-0.25, -0.2) is 4.79 Å². The summed E-state index contributed by atoms with van der Waals surface area (Å²) in [5, 5.41) is 6.10. The van der Waals surface area contributed by atoms with Crippen molar-refractivity contribution in [3.05, 3.63) is 18.2 Å². The zero-order valence-electron chi connectivity index (χ0n) is 14.3. The Morgan fingerprint density at radius 3 is 2.74 bits per heavy atom. The molecule has 0 aliphatic carbocycles. The normalized spacial score (nSPS) is 17.7. The first-order chi connectivity index (χ1) is 10.9. The van der Waals surface area contributed by atoms with Gasteiger partial charge in [-0.2, -0.15) is 0 Å². The predicted molar refractivity (Wildman–Crippen MR) is 90.3 cm³/mol. The van der Waals surface area contributed by atoms with Gasteiger partial charge in [-0.1, -0.05) is 0 Å². The number of ether oxygens (including phenoxy) is 3. The van der Waals surface area contributed by atoms with E-state index in [0.717, 1.165) is 30.9 Å². The van der Waals surface area contributed by atoms with Crippen LogP contribution in [0.3, 0.4) is 0 Å². The zero-order chi connectivity index (χ0) is 16.9. The van der Waals surface area contributed by atoms with Crippen LogP contribution in [0, 0.1) is 0 Å². The lowest BCUT2D eigenvalue weighted by molar-refractivity contribution is 0.0636. The highest BCUT2D eigenvalue weighted by molar-refractivity contribution is 5.90. The van der Waals surface area contributed by atoms with Crippen LogP contribution in [0.1, 0.15) is 33.6 Å². The Labute approximate surface area is 137 Å². The minimum atomic E-state index is -0.540. The summed E-state index contributed by atoms with van der Waals surface area (Å²) in [4.78, 5) is 12.0. The molecule has 128 valence electrons.